The highest BCUT2D eigenvalue weighted by molar-refractivity contribution is 7.93. The van der Waals surface area contributed by atoms with E-state index in [0.717, 1.165) is 22.3 Å². The number of nitriles is 4. The Morgan fingerprint density at radius 1 is 0.333 bits per heavy atom. The van der Waals surface area contributed by atoms with Gasteiger partial charge in [0.15, 0.2) is 0 Å². The molecular weight excluding hydrogens is 1820 g/mol. The van der Waals surface area contributed by atoms with Crippen molar-refractivity contribution in [3.63, 3.8) is 0 Å². The SMILES string of the molecule is C.C.C.C.C.CC(c1c(F)cccc1F)C1(C#N)CCN(C(=O)c2cccnc2-c2ccncc2)CC1.CC(c1c(F)cccc1F)C1(C#N)CCNCC1.CSF.C[C@@H](c1c(F)cccc1F)C1(C#N)CCN(C(=O)c2cccnc2-c2ccncc2)CC1.C[C@H](c1c(F)cccc1F)C1(C#N)CCN(C(=O)c2cccnc2-c2ccncc2)CC1.Cl.O=C(O)c1cccnc1-c1ccncc1. The number of hydrogen-bond acceptors (Lipinski definition) is 18. The summed E-state index contributed by atoms with van der Waals surface area (Å²) < 4.78 is 124. The fraction of sp³-hybridized carbons (Fsp3) is 0.321. The summed E-state index contributed by atoms with van der Waals surface area (Å²) in [7, 11) is 0. The molecule has 16 rings (SSSR count). The second-order valence-electron chi connectivity index (χ2n) is 32.1. The highest BCUT2D eigenvalue weighted by Gasteiger charge is 2.48. The number of nitrogens with one attached hydrogen (secondary N) is 1. The van der Waals surface area contributed by atoms with Crippen molar-refractivity contribution >= 4 is 48.2 Å². The van der Waals surface area contributed by atoms with Gasteiger partial charge in [0.25, 0.3) is 17.7 Å². The first-order valence-electron chi connectivity index (χ1n) is 42.5. The smallest absolute Gasteiger partial charge is 0.337 e. The molecule has 12 heterocycles. The van der Waals surface area contributed by atoms with Crippen LogP contribution in [0.15, 0.2) is 244 Å². The van der Waals surface area contributed by atoms with Crippen LogP contribution in [0.4, 0.5) is 39.0 Å². The molecule has 2 N–H and O–H groups in total. The number of amides is 3. The first kappa shape index (κ1) is 114. The maximum absolute atomic E-state index is 14.4. The number of aromatic carboxylic acids is 1. The van der Waals surface area contributed by atoms with Crippen molar-refractivity contribution < 1.29 is 63.3 Å². The van der Waals surface area contributed by atoms with Gasteiger partial charge in [0.05, 0.1) is 91.0 Å². The van der Waals surface area contributed by atoms with Crippen LogP contribution >= 0.6 is 24.6 Å². The monoisotopic (exact) mass is 1930 g/mol. The second kappa shape index (κ2) is 53.4. The third-order valence-corrected chi connectivity index (χ3v) is 25.2. The van der Waals surface area contributed by atoms with Crippen molar-refractivity contribution in [2.75, 3.05) is 58.6 Å². The number of likely N-dealkylation sites (tertiary alicyclic amines) is 3. The van der Waals surface area contributed by atoms with E-state index in [1.54, 1.807) is 208 Å². The summed E-state index contributed by atoms with van der Waals surface area (Å²) in [5.41, 5.74) is 3.19. The minimum absolute atomic E-state index is 0. The first-order valence-corrected chi connectivity index (χ1v) is 43.6. The average molecular weight is 1930 g/mol. The Balaban J connectivity index is 0.000000306. The number of rotatable bonds is 16. The summed E-state index contributed by atoms with van der Waals surface area (Å²) in [5, 5.41) is 51.5. The molecule has 0 bridgehead atoms. The van der Waals surface area contributed by atoms with Gasteiger partial charge >= 0.3 is 5.97 Å². The van der Waals surface area contributed by atoms with Gasteiger partial charge in [0, 0.05) is 200 Å². The molecule has 0 spiro atoms. The van der Waals surface area contributed by atoms with Crippen molar-refractivity contribution in [2.45, 2.75) is 140 Å². The molecule has 12 aromatic rings. The molecule has 4 aliphatic heterocycles. The van der Waals surface area contributed by atoms with Gasteiger partial charge in [-0.25, -0.2) is 39.9 Å². The number of carbonyl (C=O) groups is 4. The molecule has 4 fully saturated rings. The summed E-state index contributed by atoms with van der Waals surface area (Å²) in [6.07, 6.45) is 24.1. The maximum Gasteiger partial charge on any atom is 0.337 e. The van der Waals surface area contributed by atoms with E-state index in [4.69, 9.17) is 5.11 Å². The largest absolute Gasteiger partial charge is 0.478 e. The lowest BCUT2D eigenvalue weighted by Crippen LogP contribution is -2.45. The van der Waals surface area contributed by atoms with E-state index in [1.807, 2.05) is 0 Å². The topological polar surface area (TPSA) is 309 Å². The molecule has 724 valence electrons. The van der Waals surface area contributed by atoms with Crippen molar-refractivity contribution in [3.8, 4) is 69.3 Å². The fourth-order valence-electron chi connectivity index (χ4n) is 17.4. The molecule has 4 aliphatic rings. The van der Waals surface area contributed by atoms with Gasteiger partial charge in [0.2, 0.25) is 0 Å². The number of carbonyl (C=O) groups excluding carboxylic acids is 3. The predicted molar refractivity (Wildman–Crippen MR) is 521 cm³/mol. The Labute approximate surface area is 812 Å². The lowest BCUT2D eigenvalue weighted by molar-refractivity contribution is 0.0613. The first-order chi connectivity index (χ1) is 63.7. The van der Waals surface area contributed by atoms with Crippen LogP contribution in [0, 0.1) is 114 Å². The Kier molecular flexibility index (Phi) is 44.3. The molecule has 32 heteroatoms. The Morgan fingerprint density at radius 2 is 0.522 bits per heavy atom. The molecule has 0 radical (unpaired) electrons. The van der Waals surface area contributed by atoms with Crippen molar-refractivity contribution in [1.82, 2.24) is 59.9 Å². The van der Waals surface area contributed by atoms with Crippen LogP contribution < -0.4 is 5.32 Å². The Hall–Kier alpha value is -14.1. The van der Waals surface area contributed by atoms with Gasteiger partial charge < -0.3 is 25.1 Å². The molecule has 3 amide bonds. The molecule has 4 aromatic carbocycles. The summed E-state index contributed by atoms with van der Waals surface area (Å²) in [4.78, 5) is 89.0. The number of halogens is 10. The van der Waals surface area contributed by atoms with E-state index in [-0.39, 0.29) is 107 Å². The van der Waals surface area contributed by atoms with Crippen LogP contribution in [0.25, 0.3) is 45.0 Å². The molecular formula is C106H114ClF9N16O5S. The quantitative estimate of drug-likeness (QED) is 0.0849. The molecule has 4 saturated heterocycles. The van der Waals surface area contributed by atoms with Crippen molar-refractivity contribution in [1.29, 1.82) is 21.0 Å². The van der Waals surface area contributed by atoms with Gasteiger partial charge in [-0.2, -0.15) is 24.9 Å². The normalized spacial score (nSPS) is 15.1. The molecule has 21 nitrogen and oxygen atoms in total. The number of piperidine rings is 4. The number of benzene rings is 4. The Bertz CT molecular complexity index is 5650. The minimum atomic E-state index is -0.977. The molecule has 8 aromatic heterocycles. The highest BCUT2D eigenvalue weighted by Crippen LogP contribution is 2.50. The molecule has 138 heavy (non-hydrogen) atoms. The van der Waals surface area contributed by atoms with Gasteiger partial charge in [-0.05, 0) is 210 Å². The van der Waals surface area contributed by atoms with E-state index in [2.05, 4.69) is 69.5 Å². The third kappa shape index (κ3) is 26.4. The molecule has 4 atom stereocenters. The van der Waals surface area contributed by atoms with Crippen LogP contribution in [-0.4, -0.2) is 142 Å². The highest BCUT2D eigenvalue weighted by atomic mass is 35.5. The lowest BCUT2D eigenvalue weighted by Gasteiger charge is -2.41. The van der Waals surface area contributed by atoms with Crippen LogP contribution in [0.3, 0.4) is 0 Å². The van der Waals surface area contributed by atoms with Gasteiger partial charge in [-0.1, -0.05) is 89.1 Å². The number of hydrogen-bond donors (Lipinski definition) is 2. The number of pyridine rings is 8. The molecule has 0 saturated carbocycles. The van der Waals surface area contributed by atoms with E-state index in [0.29, 0.717) is 143 Å². The van der Waals surface area contributed by atoms with E-state index in [9.17, 15) is 79.2 Å². The van der Waals surface area contributed by atoms with Crippen molar-refractivity contribution in [2.24, 2.45) is 21.7 Å². The van der Waals surface area contributed by atoms with E-state index in [1.165, 1.54) is 85.1 Å². The number of carboxylic acids is 1. The minimum Gasteiger partial charge on any atom is -0.478 e. The fourth-order valence-corrected chi connectivity index (χ4v) is 17.4. The predicted octanol–water partition coefficient (Wildman–Crippen LogP) is 24.6. The van der Waals surface area contributed by atoms with Crippen LogP contribution in [0.1, 0.15) is 204 Å². The third-order valence-electron chi connectivity index (χ3n) is 25.2. The summed E-state index contributed by atoms with van der Waals surface area (Å²) in [6.45, 7) is 10.1. The molecule has 2 unspecified atom stereocenters. The number of nitrogens with zero attached hydrogens (tertiary/aromatic N) is 15. The maximum atomic E-state index is 14.4. The standard InChI is InChI=1S/3C25H22F2N4O.C14H16F2N2.C11H8N2O2.CH3FS.5CH4.ClH/c3*1-17(22-20(26)5-2-6-21(22)27)25(16-28)9-14-31(15-10-25)24(32)19-4-3-11-30-23(19)18-7-12-29-13-8-18;1-10(13-11(15)3-2-4-12(13)16)14(9-17)5-7-18-8-6-14;14-11(15)9-2-1-5-13-10(9)8-3-6-12-7-4-8;1-3-2;;;;;;/h3*2-8,11-13,17H,9-10,14-15H2,1H3;2-4,10,18H,5-8H2,1H3;1-7H,(H,14,15);1H3;5*1H4;1H/t2*17-;;;;;;;;;;/m10........../s1. The number of aromatic nitrogens is 8. The summed E-state index contributed by atoms with van der Waals surface area (Å²) in [5.74, 6) is -8.90. The van der Waals surface area contributed by atoms with Gasteiger partial charge in [-0.15, -0.1) is 12.4 Å². The van der Waals surface area contributed by atoms with E-state index >= 15 is 0 Å². The van der Waals surface area contributed by atoms with Crippen LogP contribution in [-0.2, 0) is 0 Å². The van der Waals surface area contributed by atoms with Crippen LogP contribution in [0.2, 0.25) is 0 Å². The van der Waals surface area contributed by atoms with Crippen molar-refractivity contribution in [3.05, 3.63) is 335 Å². The van der Waals surface area contributed by atoms with Crippen LogP contribution in [0.5, 0.6) is 0 Å². The average Bonchev–Trinajstić information content (AvgIpc) is 0.779. The zero-order valence-corrected chi connectivity index (χ0v) is 74.9. The second-order valence-corrected chi connectivity index (χ2v) is 32.4. The molecule has 0 aliphatic carbocycles. The van der Waals surface area contributed by atoms with Gasteiger partial charge in [0.1, 0.15) is 46.5 Å². The number of carboxylic acid groups (broad SMARTS) is 1. The lowest BCUT2D eigenvalue weighted by atomic mass is 9.67. The van der Waals surface area contributed by atoms with Gasteiger partial charge in [-0.3, -0.25) is 54.3 Å². The Morgan fingerprint density at radius 3 is 0.717 bits per heavy atom. The summed E-state index contributed by atoms with van der Waals surface area (Å²) >= 11 is 0.250. The zero-order valence-electron chi connectivity index (χ0n) is 73.2. The van der Waals surface area contributed by atoms with E-state index < -0.39 is 97.8 Å². The summed E-state index contributed by atoms with van der Waals surface area (Å²) in [6, 6.07) is 52.0. The zero-order chi connectivity index (χ0) is 94.7.